The first kappa shape index (κ1) is 13.5. The number of methoxy groups -OCH3 is 1. The Labute approximate surface area is 107 Å². The van der Waals surface area contributed by atoms with Crippen LogP contribution in [-0.2, 0) is 17.9 Å². The van der Waals surface area contributed by atoms with Gasteiger partial charge >= 0.3 is 0 Å². The summed E-state index contributed by atoms with van der Waals surface area (Å²) < 4.78 is 10.0. The number of aromatic nitrogens is 2. The number of rotatable bonds is 6. The van der Waals surface area contributed by atoms with Crippen LogP contribution in [0.15, 0.2) is 4.52 Å². The molecule has 0 amide bonds. The van der Waals surface area contributed by atoms with Crippen molar-refractivity contribution in [1.82, 2.24) is 15.5 Å². The van der Waals surface area contributed by atoms with Crippen LogP contribution in [0, 0.1) is 5.92 Å². The van der Waals surface area contributed by atoms with Crippen LogP contribution < -0.4 is 5.32 Å². The fourth-order valence-corrected chi connectivity index (χ4v) is 2.46. The quantitative estimate of drug-likeness (QED) is 0.784. The van der Waals surface area contributed by atoms with E-state index in [2.05, 4.69) is 15.5 Å². The Morgan fingerprint density at radius 1 is 1.44 bits per heavy atom. The molecular formula is C12H21N3O3. The predicted octanol–water partition coefficient (Wildman–Crippen LogP) is 0.857. The van der Waals surface area contributed by atoms with Crippen molar-refractivity contribution in [2.75, 3.05) is 13.7 Å². The molecule has 0 radical (unpaired) electrons. The van der Waals surface area contributed by atoms with Crippen molar-refractivity contribution >= 4 is 0 Å². The molecule has 2 N–H and O–H groups in total. The van der Waals surface area contributed by atoms with Crippen molar-refractivity contribution in [3.8, 4) is 0 Å². The van der Waals surface area contributed by atoms with Crippen molar-refractivity contribution in [3.63, 3.8) is 0 Å². The van der Waals surface area contributed by atoms with Gasteiger partial charge in [0, 0.05) is 19.8 Å². The number of aliphatic hydroxyl groups excluding tert-OH is 1. The molecule has 1 aromatic rings. The molecule has 0 aromatic carbocycles. The summed E-state index contributed by atoms with van der Waals surface area (Å²) in [5.74, 6) is 1.49. The lowest BCUT2D eigenvalue weighted by molar-refractivity contribution is 0.150. The molecule has 1 aliphatic rings. The summed E-state index contributed by atoms with van der Waals surface area (Å²) in [5.41, 5.74) is 0. The molecule has 2 rings (SSSR count). The lowest BCUT2D eigenvalue weighted by Gasteiger charge is -2.30. The number of aliphatic hydroxyl groups is 1. The Kier molecular flexibility index (Phi) is 5.10. The zero-order valence-electron chi connectivity index (χ0n) is 10.8. The predicted molar refractivity (Wildman–Crippen MR) is 64.7 cm³/mol. The number of nitrogens with zero attached hydrogens (tertiary/aromatic N) is 2. The second-order valence-corrected chi connectivity index (χ2v) is 4.75. The van der Waals surface area contributed by atoms with E-state index in [0.29, 0.717) is 36.8 Å². The van der Waals surface area contributed by atoms with Crippen molar-refractivity contribution in [3.05, 3.63) is 11.7 Å². The fourth-order valence-electron chi connectivity index (χ4n) is 2.46. The Bertz CT molecular complexity index is 356. The molecule has 2 atom stereocenters. The zero-order valence-corrected chi connectivity index (χ0v) is 10.8. The highest BCUT2D eigenvalue weighted by Crippen LogP contribution is 2.24. The average molecular weight is 255 g/mol. The number of nitrogens with one attached hydrogen (secondary N) is 1. The maximum Gasteiger partial charge on any atom is 0.240 e. The molecule has 1 saturated carbocycles. The molecule has 0 saturated heterocycles. The summed E-state index contributed by atoms with van der Waals surface area (Å²) in [6.45, 7) is 1.17. The molecule has 1 aliphatic carbocycles. The van der Waals surface area contributed by atoms with E-state index in [9.17, 15) is 5.11 Å². The van der Waals surface area contributed by atoms with E-state index in [1.165, 1.54) is 12.8 Å². The van der Waals surface area contributed by atoms with Gasteiger partial charge in [-0.15, -0.1) is 0 Å². The van der Waals surface area contributed by atoms with Crippen molar-refractivity contribution in [2.24, 2.45) is 5.92 Å². The zero-order chi connectivity index (χ0) is 12.8. The monoisotopic (exact) mass is 255 g/mol. The van der Waals surface area contributed by atoms with E-state index in [1.807, 2.05) is 0 Å². The van der Waals surface area contributed by atoms with E-state index in [-0.39, 0.29) is 6.61 Å². The summed E-state index contributed by atoms with van der Waals surface area (Å²) in [5, 5.41) is 16.5. The summed E-state index contributed by atoms with van der Waals surface area (Å²) in [6.07, 6.45) is 4.62. The van der Waals surface area contributed by atoms with Gasteiger partial charge in [-0.2, -0.15) is 4.98 Å². The van der Waals surface area contributed by atoms with Gasteiger partial charge in [-0.25, -0.2) is 0 Å². The summed E-state index contributed by atoms with van der Waals surface area (Å²) in [6, 6.07) is 0.349. The number of hydrogen-bond acceptors (Lipinski definition) is 6. The van der Waals surface area contributed by atoms with Gasteiger partial charge in [0.1, 0.15) is 6.61 Å². The maximum absolute atomic E-state index is 9.32. The Morgan fingerprint density at radius 3 is 3.06 bits per heavy atom. The largest absolute Gasteiger partial charge is 0.396 e. The molecule has 102 valence electrons. The van der Waals surface area contributed by atoms with Crippen LogP contribution in [0.2, 0.25) is 0 Å². The van der Waals surface area contributed by atoms with Gasteiger partial charge in [0.25, 0.3) is 0 Å². The standard InChI is InChI=1S/C12H21N3O3/c1-17-8-11-14-12(18-15-11)6-13-10-5-3-2-4-9(10)7-16/h9-10,13,16H,2-8H2,1H3/t9-,10-/m0/s1. The third-order valence-electron chi connectivity index (χ3n) is 3.44. The van der Waals surface area contributed by atoms with Gasteiger partial charge < -0.3 is 19.7 Å². The summed E-state index contributed by atoms with van der Waals surface area (Å²) >= 11 is 0. The Balaban J connectivity index is 1.81. The highest BCUT2D eigenvalue weighted by atomic mass is 16.5. The molecule has 6 heteroatoms. The molecular weight excluding hydrogens is 234 g/mol. The molecule has 18 heavy (non-hydrogen) atoms. The van der Waals surface area contributed by atoms with Crippen molar-refractivity contribution in [2.45, 2.75) is 44.9 Å². The summed E-state index contributed by atoms with van der Waals surface area (Å²) in [4.78, 5) is 4.21. The second-order valence-electron chi connectivity index (χ2n) is 4.75. The minimum absolute atomic E-state index is 0.246. The van der Waals surface area contributed by atoms with Gasteiger partial charge in [-0.3, -0.25) is 0 Å². The van der Waals surface area contributed by atoms with Crippen LogP contribution in [0.25, 0.3) is 0 Å². The molecule has 0 spiro atoms. The summed E-state index contributed by atoms with van der Waals surface area (Å²) in [7, 11) is 1.60. The first-order valence-electron chi connectivity index (χ1n) is 6.48. The third kappa shape index (κ3) is 3.51. The maximum atomic E-state index is 9.32. The molecule has 0 bridgehead atoms. The molecule has 1 heterocycles. The van der Waals surface area contributed by atoms with E-state index in [4.69, 9.17) is 9.26 Å². The normalized spacial score (nSPS) is 24.3. The fraction of sp³-hybridized carbons (Fsp3) is 0.833. The molecule has 1 aromatic heterocycles. The highest BCUT2D eigenvalue weighted by Gasteiger charge is 2.24. The van der Waals surface area contributed by atoms with Gasteiger partial charge in [0.2, 0.25) is 5.89 Å². The molecule has 6 nitrogen and oxygen atoms in total. The topological polar surface area (TPSA) is 80.4 Å². The van der Waals surface area contributed by atoms with Crippen LogP contribution in [0.3, 0.4) is 0 Å². The second kappa shape index (κ2) is 6.82. The Hall–Kier alpha value is -0.980. The first-order valence-corrected chi connectivity index (χ1v) is 6.48. The van der Waals surface area contributed by atoms with Crippen molar-refractivity contribution < 1.29 is 14.4 Å². The lowest BCUT2D eigenvalue weighted by Crippen LogP contribution is -2.39. The number of hydrogen-bond donors (Lipinski definition) is 2. The SMILES string of the molecule is COCc1noc(CN[C@H]2CCCC[C@H]2CO)n1. The molecule has 1 fully saturated rings. The average Bonchev–Trinajstić information content (AvgIpc) is 2.85. The van der Waals surface area contributed by atoms with Gasteiger partial charge in [-0.05, 0) is 18.8 Å². The van der Waals surface area contributed by atoms with Crippen LogP contribution in [0.4, 0.5) is 0 Å². The van der Waals surface area contributed by atoms with E-state index in [1.54, 1.807) is 7.11 Å². The van der Waals surface area contributed by atoms with Gasteiger partial charge in [0.05, 0.1) is 6.54 Å². The van der Waals surface area contributed by atoms with E-state index >= 15 is 0 Å². The third-order valence-corrected chi connectivity index (χ3v) is 3.44. The van der Waals surface area contributed by atoms with Gasteiger partial charge in [0.15, 0.2) is 5.82 Å². The molecule has 0 aliphatic heterocycles. The van der Waals surface area contributed by atoms with Crippen LogP contribution in [0.1, 0.15) is 37.4 Å². The molecule has 0 unspecified atom stereocenters. The first-order chi connectivity index (χ1) is 8.83. The highest BCUT2D eigenvalue weighted by molar-refractivity contribution is 4.87. The smallest absolute Gasteiger partial charge is 0.240 e. The van der Waals surface area contributed by atoms with E-state index in [0.717, 1.165) is 12.8 Å². The van der Waals surface area contributed by atoms with Crippen molar-refractivity contribution in [1.29, 1.82) is 0 Å². The van der Waals surface area contributed by atoms with Crippen LogP contribution in [0.5, 0.6) is 0 Å². The van der Waals surface area contributed by atoms with Crippen LogP contribution >= 0.6 is 0 Å². The van der Waals surface area contributed by atoms with Gasteiger partial charge in [-0.1, -0.05) is 18.0 Å². The minimum atomic E-state index is 0.246. The minimum Gasteiger partial charge on any atom is -0.396 e. The lowest BCUT2D eigenvalue weighted by atomic mass is 9.85. The Morgan fingerprint density at radius 2 is 2.28 bits per heavy atom. The van der Waals surface area contributed by atoms with Crippen LogP contribution in [-0.4, -0.2) is 35.0 Å². The number of ether oxygens (including phenoxy) is 1. The van der Waals surface area contributed by atoms with E-state index < -0.39 is 0 Å².